The van der Waals surface area contributed by atoms with Crippen LogP contribution in [-0.2, 0) is 0 Å². The average Bonchev–Trinajstić information content (AvgIpc) is 3.26. The van der Waals surface area contributed by atoms with Gasteiger partial charge in [0.25, 0.3) is 5.89 Å². The smallest absolute Gasteiger partial charge is 0.269 e. The van der Waals surface area contributed by atoms with Gasteiger partial charge in [-0.25, -0.2) is 0 Å². The highest BCUT2D eigenvalue weighted by atomic mass is 35.5. The number of thiophene rings is 1. The van der Waals surface area contributed by atoms with Crippen LogP contribution in [0.4, 0.5) is 0 Å². The van der Waals surface area contributed by atoms with E-state index in [9.17, 15) is 0 Å². The Bertz CT molecular complexity index is 891. The van der Waals surface area contributed by atoms with Crippen molar-refractivity contribution in [2.45, 2.75) is 6.92 Å². The van der Waals surface area contributed by atoms with Gasteiger partial charge in [0.1, 0.15) is 5.03 Å². The first kappa shape index (κ1) is 17.8. The Morgan fingerprint density at radius 2 is 2.24 bits per heavy atom. The zero-order valence-electron chi connectivity index (χ0n) is 13.5. The first-order chi connectivity index (χ1) is 12.1. The first-order valence-corrected chi connectivity index (χ1v) is 9.06. The minimum Gasteiger partial charge on any atom is -0.491 e. The Hall–Kier alpha value is -2.02. The van der Waals surface area contributed by atoms with Crippen molar-refractivity contribution in [3.05, 3.63) is 45.4 Å². The van der Waals surface area contributed by atoms with E-state index in [2.05, 4.69) is 10.1 Å². The average molecular weight is 397 g/mol. The second-order valence-electron chi connectivity index (χ2n) is 4.89. The zero-order chi connectivity index (χ0) is 17.8. The molecule has 0 radical (unpaired) electrons. The fourth-order valence-corrected chi connectivity index (χ4v) is 3.30. The van der Waals surface area contributed by atoms with E-state index in [0.717, 1.165) is 11.1 Å². The molecule has 5 nitrogen and oxygen atoms in total. The highest BCUT2D eigenvalue weighted by Crippen LogP contribution is 2.37. The number of ether oxygens (including phenoxy) is 2. The molecule has 0 saturated heterocycles. The third-order valence-corrected chi connectivity index (χ3v) is 4.47. The SMILES string of the molecule is CCOc1cc(C=C(Cl)c2nc(-c3ccsc3)no2)cc(Cl)c1OC. The number of halogens is 2. The summed E-state index contributed by atoms with van der Waals surface area (Å²) >= 11 is 14.1. The normalized spacial score (nSPS) is 11.6. The quantitative estimate of drug-likeness (QED) is 0.542. The molecule has 130 valence electrons. The van der Waals surface area contributed by atoms with Crippen LogP contribution in [0.2, 0.25) is 5.02 Å². The van der Waals surface area contributed by atoms with Crippen molar-refractivity contribution in [2.75, 3.05) is 13.7 Å². The summed E-state index contributed by atoms with van der Waals surface area (Å²) in [5.41, 5.74) is 1.62. The van der Waals surface area contributed by atoms with Crippen molar-refractivity contribution in [1.29, 1.82) is 0 Å². The molecule has 0 unspecified atom stereocenters. The van der Waals surface area contributed by atoms with Crippen molar-refractivity contribution >= 4 is 45.6 Å². The lowest BCUT2D eigenvalue weighted by atomic mass is 10.2. The molecular weight excluding hydrogens is 383 g/mol. The van der Waals surface area contributed by atoms with Crippen LogP contribution >= 0.6 is 34.5 Å². The fourth-order valence-electron chi connectivity index (χ4n) is 2.17. The van der Waals surface area contributed by atoms with E-state index in [1.807, 2.05) is 23.8 Å². The molecule has 0 bridgehead atoms. The number of benzene rings is 1. The molecule has 2 heterocycles. The van der Waals surface area contributed by atoms with Gasteiger partial charge < -0.3 is 14.0 Å². The second-order valence-corrected chi connectivity index (χ2v) is 6.49. The molecule has 0 aliphatic carbocycles. The molecule has 0 spiro atoms. The van der Waals surface area contributed by atoms with Gasteiger partial charge in [-0.3, -0.25) is 0 Å². The monoisotopic (exact) mass is 396 g/mol. The molecule has 8 heteroatoms. The summed E-state index contributed by atoms with van der Waals surface area (Å²) in [6.45, 7) is 2.37. The van der Waals surface area contributed by atoms with Gasteiger partial charge in [0.15, 0.2) is 11.5 Å². The highest BCUT2D eigenvalue weighted by Gasteiger charge is 2.14. The van der Waals surface area contributed by atoms with E-state index in [1.54, 1.807) is 29.5 Å². The summed E-state index contributed by atoms with van der Waals surface area (Å²) in [4.78, 5) is 4.30. The van der Waals surface area contributed by atoms with Crippen LogP contribution in [0.25, 0.3) is 22.5 Å². The zero-order valence-corrected chi connectivity index (χ0v) is 15.8. The Morgan fingerprint density at radius 1 is 1.40 bits per heavy atom. The minimum atomic E-state index is 0.229. The first-order valence-electron chi connectivity index (χ1n) is 7.36. The van der Waals surface area contributed by atoms with Gasteiger partial charge in [-0.05, 0) is 42.1 Å². The minimum absolute atomic E-state index is 0.229. The molecule has 1 aromatic carbocycles. The van der Waals surface area contributed by atoms with Gasteiger partial charge in [-0.2, -0.15) is 16.3 Å². The van der Waals surface area contributed by atoms with Crippen LogP contribution in [0, 0.1) is 0 Å². The number of hydrogen-bond donors (Lipinski definition) is 0. The number of methoxy groups -OCH3 is 1. The number of nitrogens with zero attached hydrogens (tertiary/aromatic N) is 2. The lowest BCUT2D eigenvalue weighted by Gasteiger charge is -2.11. The molecule has 0 amide bonds. The maximum atomic E-state index is 6.32. The van der Waals surface area contributed by atoms with Gasteiger partial charge in [0.2, 0.25) is 5.82 Å². The predicted molar refractivity (Wildman–Crippen MR) is 101 cm³/mol. The molecule has 25 heavy (non-hydrogen) atoms. The Morgan fingerprint density at radius 3 is 2.92 bits per heavy atom. The summed E-state index contributed by atoms with van der Waals surface area (Å²) in [6, 6.07) is 5.42. The van der Waals surface area contributed by atoms with Crippen LogP contribution in [0.3, 0.4) is 0 Å². The molecule has 3 aromatic rings. The summed E-state index contributed by atoms with van der Waals surface area (Å²) in [5, 5.41) is 8.54. The molecule has 0 N–H and O–H groups in total. The summed E-state index contributed by atoms with van der Waals surface area (Å²) in [6.07, 6.45) is 1.68. The van der Waals surface area contributed by atoms with E-state index in [0.29, 0.717) is 34.0 Å². The standard InChI is InChI=1S/C17H14Cl2N2O3S/c1-3-23-14-8-10(6-12(18)15(14)22-2)7-13(19)17-20-16(21-24-17)11-4-5-25-9-11/h4-9H,3H2,1-2H3. The molecule has 0 aliphatic rings. The van der Waals surface area contributed by atoms with Crippen LogP contribution in [-0.4, -0.2) is 23.9 Å². The van der Waals surface area contributed by atoms with Crippen LogP contribution in [0.15, 0.2) is 33.5 Å². The third kappa shape index (κ3) is 3.98. The van der Waals surface area contributed by atoms with Gasteiger partial charge in [0, 0.05) is 10.9 Å². The summed E-state index contributed by atoms with van der Waals surface area (Å²) in [7, 11) is 1.54. The van der Waals surface area contributed by atoms with Gasteiger partial charge in [-0.15, -0.1) is 0 Å². The second kappa shape index (κ2) is 7.91. The fraction of sp³-hybridized carbons (Fsp3) is 0.176. The van der Waals surface area contributed by atoms with E-state index in [-0.39, 0.29) is 5.89 Å². The maximum Gasteiger partial charge on any atom is 0.269 e. The van der Waals surface area contributed by atoms with Crippen molar-refractivity contribution in [3.63, 3.8) is 0 Å². The van der Waals surface area contributed by atoms with Gasteiger partial charge in [0.05, 0.1) is 18.7 Å². The lowest BCUT2D eigenvalue weighted by Crippen LogP contribution is -1.96. The largest absolute Gasteiger partial charge is 0.491 e. The highest BCUT2D eigenvalue weighted by molar-refractivity contribution is 7.08. The molecule has 2 aromatic heterocycles. The summed E-state index contributed by atoms with van der Waals surface area (Å²) in [5.74, 6) is 1.74. The van der Waals surface area contributed by atoms with Gasteiger partial charge >= 0.3 is 0 Å². The predicted octanol–water partition coefficient (Wildman–Crippen LogP) is 5.60. The Labute approximate surface area is 158 Å². The molecule has 3 rings (SSSR count). The maximum absolute atomic E-state index is 6.32. The van der Waals surface area contributed by atoms with Crippen LogP contribution < -0.4 is 9.47 Å². The van der Waals surface area contributed by atoms with Crippen molar-refractivity contribution in [3.8, 4) is 22.9 Å². The molecule has 0 atom stereocenters. The van der Waals surface area contributed by atoms with E-state index in [4.69, 9.17) is 37.2 Å². The lowest BCUT2D eigenvalue weighted by molar-refractivity contribution is 0.311. The molecular formula is C17H14Cl2N2O3S. The van der Waals surface area contributed by atoms with E-state index in [1.165, 1.54) is 7.11 Å². The number of hydrogen-bond acceptors (Lipinski definition) is 6. The Kier molecular flexibility index (Phi) is 5.63. The van der Waals surface area contributed by atoms with Crippen molar-refractivity contribution < 1.29 is 14.0 Å². The molecule has 0 saturated carbocycles. The number of rotatable bonds is 6. The van der Waals surface area contributed by atoms with Crippen molar-refractivity contribution in [2.24, 2.45) is 0 Å². The molecule has 0 fully saturated rings. The Balaban J connectivity index is 1.92. The van der Waals surface area contributed by atoms with Crippen LogP contribution in [0.1, 0.15) is 18.4 Å². The third-order valence-electron chi connectivity index (χ3n) is 3.24. The topological polar surface area (TPSA) is 57.4 Å². The van der Waals surface area contributed by atoms with Crippen molar-refractivity contribution in [1.82, 2.24) is 10.1 Å². The summed E-state index contributed by atoms with van der Waals surface area (Å²) < 4.78 is 16.1. The van der Waals surface area contributed by atoms with E-state index >= 15 is 0 Å². The van der Waals surface area contributed by atoms with Gasteiger partial charge in [-0.1, -0.05) is 28.4 Å². The van der Waals surface area contributed by atoms with Crippen LogP contribution in [0.5, 0.6) is 11.5 Å². The van der Waals surface area contributed by atoms with E-state index < -0.39 is 0 Å². The molecule has 0 aliphatic heterocycles. The number of aromatic nitrogens is 2.